The van der Waals surface area contributed by atoms with E-state index in [1.54, 1.807) is 6.92 Å². The average molecular weight is 259 g/mol. The number of nitrogens with one attached hydrogen (secondary N) is 1. The molecule has 0 aliphatic rings. The second-order valence-electron chi connectivity index (χ2n) is 3.30. The zero-order valence-electron chi connectivity index (χ0n) is 8.13. The highest BCUT2D eigenvalue weighted by Gasteiger charge is 2.00. The molecule has 1 aromatic carbocycles. The summed E-state index contributed by atoms with van der Waals surface area (Å²) in [7, 11) is 0. The van der Waals surface area contributed by atoms with Gasteiger partial charge < -0.3 is 16.2 Å². The van der Waals surface area contributed by atoms with E-state index in [-0.39, 0.29) is 6.10 Å². The molecule has 0 bridgehead atoms. The van der Waals surface area contributed by atoms with Gasteiger partial charge >= 0.3 is 0 Å². The summed E-state index contributed by atoms with van der Waals surface area (Å²) in [6, 6.07) is 5.67. The van der Waals surface area contributed by atoms with E-state index in [1.165, 1.54) is 0 Å². The van der Waals surface area contributed by atoms with Crippen LogP contribution in [0.2, 0.25) is 0 Å². The third-order valence-electron chi connectivity index (χ3n) is 1.89. The highest BCUT2D eigenvalue weighted by molar-refractivity contribution is 9.10. The molecule has 0 saturated carbocycles. The molecular weight excluding hydrogens is 244 g/mol. The summed E-state index contributed by atoms with van der Waals surface area (Å²) >= 11 is 3.37. The summed E-state index contributed by atoms with van der Waals surface area (Å²) in [5.41, 5.74) is 7.38. The van der Waals surface area contributed by atoms with Crippen molar-refractivity contribution in [2.45, 2.75) is 19.4 Å². The molecule has 0 aromatic heterocycles. The molecule has 0 saturated heterocycles. The van der Waals surface area contributed by atoms with Crippen molar-refractivity contribution in [3.63, 3.8) is 0 Å². The predicted molar refractivity (Wildman–Crippen MR) is 63.3 cm³/mol. The fourth-order valence-corrected chi connectivity index (χ4v) is 1.46. The largest absolute Gasteiger partial charge is 0.397 e. The van der Waals surface area contributed by atoms with Gasteiger partial charge in [0, 0.05) is 11.0 Å². The van der Waals surface area contributed by atoms with Crippen LogP contribution in [-0.4, -0.2) is 17.8 Å². The van der Waals surface area contributed by atoms with Gasteiger partial charge in [-0.3, -0.25) is 0 Å². The first-order chi connectivity index (χ1) is 6.59. The fourth-order valence-electron chi connectivity index (χ4n) is 1.10. The molecule has 3 nitrogen and oxygen atoms in total. The van der Waals surface area contributed by atoms with Crippen LogP contribution in [-0.2, 0) is 0 Å². The molecule has 1 rings (SSSR count). The minimum atomic E-state index is -0.282. The van der Waals surface area contributed by atoms with Crippen LogP contribution in [0.15, 0.2) is 22.7 Å². The third-order valence-corrected chi connectivity index (χ3v) is 2.39. The summed E-state index contributed by atoms with van der Waals surface area (Å²) < 4.78 is 0.992. The van der Waals surface area contributed by atoms with Crippen molar-refractivity contribution in [3.05, 3.63) is 22.7 Å². The van der Waals surface area contributed by atoms with Crippen LogP contribution < -0.4 is 11.1 Å². The maximum absolute atomic E-state index is 9.07. The van der Waals surface area contributed by atoms with Crippen LogP contribution in [0.3, 0.4) is 0 Å². The van der Waals surface area contributed by atoms with E-state index >= 15 is 0 Å². The zero-order chi connectivity index (χ0) is 10.6. The number of aliphatic hydroxyl groups is 1. The molecule has 0 fully saturated rings. The van der Waals surface area contributed by atoms with E-state index < -0.39 is 0 Å². The van der Waals surface area contributed by atoms with E-state index in [4.69, 9.17) is 10.8 Å². The van der Waals surface area contributed by atoms with E-state index in [0.717, 1.165) is 22.4 Å². The average Bonchev–Trinajstić information content (AvgIpc) is 2.10. The van der Waals surface area contributed by atoms with Crippen molar-refractivity contribution < 1.29 is 5.11 Å². The standard InChI is InChI=1S/C10H15BrN2O/c1-7(14)4-5-13-10-6-8(11)2-3-9(10)12/h2-3,6-7,13-14H,4-5,12H2,1H3. The molecule has 1 atom stereocenters. The number of rotatable bonds is 4. The van der Waals surface area contributed by atoms with Gasteiger partial charge in [-0.05, 0) is 31.5 Å². The van der Waals surface area contributed by atoms with E-state index in [1.807, 2.05) is 18.2 Å². The van der Waals surface area contributed by atoms with Crippen LogP contribution in [0.25, 0.3) is 0 Å². The SMILES string of the molecule is CC(O)CCNc1cc(Br)ccc1N. The highest BCUT2D eigenvalue weighted by atomic mass is 79.9. The number of anilines is 2. The normalized spacial score (nSPS) is 12.5. The molecule has 14 heavy (non-hydrogen) atoms. The molecule has 0 amide bonds. The summed E-state index contributed by atoms with van der Waals surface area (Å²) in [6.45, 7) is 2.49. The lowest BCUT2D eigenvalue weighted by molar-refractivity contribution is 0.189. The van der Waals surface area contributed by atoms with Crippen molar-refractivity contribution in [1.29, 1.82) is 0 Å². The Hall–Kier alpha value is -0.740. The van der Waals surface area contributed by atoms with Gasteiger partial charge in [-0.1, -0.05) is 15.9 Å². The molecule has 1 unspecified atom stereocenters. The van der Waals surface area contributed by atoms with Crippen molar-refractivity contribution in [2.75, 3.05) is 17.6 Å². The maximum Gasteiger partial charge on any atom is 0.0585 e. The summed E-state index contributed by atoms with van der Waals surface area (Å²) in [6.07, 6.45) is 0.433. The Morgan fingerprint density at radius 3 is 2.93 bits per heavy atom. The molecule has 0 radical (unpaired) electrons. The third kappa shape index (κ3) is 3.55. The quantitative estimate of drug-likeness (QED) is 0.726. The number of aliphatic hydroxyl groups excluding tert-OH is 1. The molecule has 0 aliphatic heterocycles. The van der Waals surface area contributed by atoms with E-state index in [9.17, 15) is 0 Å². The van der Waals surface area contributed by atoms with Gasteiger partial charge in [-0.2, -0.15) is 0 Å². The smallest absolute Gasteiger partial charge is 0.0585 e. The highest BCUT2D eigenvalue weighted by Crippen LogP contribution is 2.23. The van der Waals surface area contributed by atoms with Crippen LogP contribution >= 0.6 is 15.9 Å². The van der Waals surface area contributed by atoms with Crippen molar-refractivity contribution in [1.82, 2.24) is 0 Å². The second kappa shape index (κ2) is 5.22. The number of hydrogen-bond donors (Lipinski definition) is 3. The Kier molecular flexibility index (Phi) is 4.22. The minimum Gasteiger partial charge on any atom is -0.397 e. The van der Waals surface area contributed by atoms with Crippen LogP contribution in [0.4, 0.5) is 11.4 Å². The topological polar surface area (TPSA) is 58.3 Å². The summed E-state index contributed by atoms with van der Waals surface area (Å²) in [5, 5.41) is 12.2. The number of benzene rings is 1. The lowest BCUT2D eigenvalue weighted by Crippen LogP contribution is -2.10. The molecule has 0 spiro atoms. The first-order valence-corrected chi connectivity index (χ1v) is 5.36. The van der Waals surface area contributed by atoms with Crippen molar-refractivity contribution in [3.8, 4) is 0 Å². The molecular formula is C10H15BrN2O. The number of hydrogen-bond acceptors (Lipinski definition) is 3. The molecule has 4 N–H and O–H groups in total. The van der Waals surface area contributed by atoms with Crippen LogP contribution in [0.5, 0.6) is 0 Å². The van der Waals surface area contributed by atoms with Gasteiger partial charge in [0.2, 0.25) is 0 Å². The molecule has 78 valence electrons. The lowest BCUT2D eigenvalue weighted by Gasteiger charge is -2.10. The lowest BCUT2D eigenvalue weighted by atomic mass is 10.2. The Labute approximate surface area is 92.4 Å². The summed E-state index contributed by atoms with van der Waals surface area (Å²) in [4.78, 5) is 0. The van der Waals surface area contributed by atoms with Gasteiger partial charge in [0.25, 0.3) is 0 Å². The van der Waals surface area contributed by atoms with Gasteiger partial charge in [-0.15, -0.1) is 0 Å². The minimum absolute atomic E-state index is 0.282. The Balaban J connectivity index is 2.53. The maximum atomic E-state index is 9.07. The summed E-state index contributed by atoms with van der Waals surface area (Å²) in [5.74, 6) is 0. The molecule has 0 aliphatic carbocycles. The second-order valence-corrected chi connectivity index (χ2v) is 4.21. The first-order valence-electron chi connectivity index (χ1n) is 4.56. The zero-order valence-corrected chi connectivity index (χ0v) is 9.71. The van der Waals surface area contributed by atoms with E-state index in [0.29, 0.717) is 6.42 Å². The molecule has 4 heteroatoms. The fraction of sp³-hybridized carbons (Fsp3) is 0.400. The Bertz CT molecular complexity index is 302. The molecule has 0 heterocycles. The molecule has 1 aromatic rings. The van der Waals surface area contributed by atoms with Gasteiger partial charge in [0.05, 0.1) is 17.5 Å². The van der Waals surface area contributed by atoms with Crippen molar-refractivity contribution in [2.24, 2.45) is 0 Å². The van der Waals surface area contributed by atoms with Crippen LogP contribution in [0, 0.1) is 0 Å². The van der Waals surface area contributed by atoms with Gasteiger partial charge in [0.15, 0.2) is 0 Å². The number of halogens is 1. The van der Waals surface area contributed by atoms with Crippen LogP contribution in [0.1, 0.15) is 13.3 Å². The van der Waals surface area contributed by atoms with Crippen molar-refractivity contribution >= 4 is 27.3 Å². The van der Waals surface area contributed by atoms with E-state index in [2.05, 4.69) is 21.2 Å². The van der Waals surface area contributed by atoms with Gasteiger partial charge in [-0.25, -0.2) is 0 Å². The predicted octanol–water partition coefficient (Wildman–Crippen LogP) is 2.21. The monoisotopic (exact) mass is 258 g/mol. The first kappa shape index (κ1) is 11.3. The number of nitrogen functional groups attached to an aromatic ring is 1. The number of nitrogens with two attached hydrogens (primary N) is 1. The Morgan fingerprint density at radius 2 is 2.29 bits per heavy atom. The van der Waals surface area contributed by atoms with Gasteiger partial charge in [0.1, 0.15) is 0 Å². The Morgan fingerprint density at radius 1 is 1.57 bits per heavy atom.